The van der Waals surface area contributed by atoms with Crippen LogP contribution in [-0.2, 0) is 11.3 Å². The smallest absolute Gasteiger partial charge is 0.290 e. The monoisotopic (exact) mass is 318 g/mol. The maximum atomic E-state index is 12.5. The number of imidazole rings is 1. The van der Waals surface area contributed by atoms with E-state index in [1.165, 1.54) is 0 Å². The van der Waals surface area contributed by atoms with Gasteiger partial charge < -0.3 is 19.1 Å². The Kier molecular flexibility index (Phi) is 4.76. The van der Waals surface area contributed by atoms with Crippen LogP contribution in [0.2, 0.25) is 0 Å². The van der Waals surface area contributed by atoms with E-state index in [1.54, 1.807) is 19.2 Å². The molecule has 0 saturated carbocycles. The van der Waals surface area contributed by atoms with Gasteiger partial charge in [-0.25, -0.2) is 4.98 Å². The highest BCUT2D eigenvalue weighted by atomic mass is 16.5. The Bertz CT molecular complexity index is 658. The normalized spacial score (nSPS) is 17.1. The number of hydrogen-bond acceptors (Lipinski definition) is 5. The zero-order chi connectivity index (χ0) is 16.2. The van der Waals surface area contributed by atoms with E-state index in [1.807, 2.05) is 6.20 Å². The summed E-state index contributed by atoms with van der Waals surface area (Å²) in [6.45, 7) is 6.09. The second-order valence-corrected chi connectivity index (χ2v) is 5.80. The lowest BCUT2D eigenvalue weighted by molar-refractivity contribution is 0.0492. The Morgan fingerprint density at radius 3 is 2.91 bits per heavy atom. The molecule has 2 aromatic heterocycles. The van der Waals surface area contributed by atoms with Gasteiger partial charge in [-0.15, -0.1) is 0 Å². The largest absolute Gasteiger partial charge is 0.381 e. The molecule has 1 saturated heterocycles. The molecule has 3 rings (SSSR count). The lowest BCUT2D eigenvalue weighted by atomic mass is 9.91. The van der Waals surface area contributed by atoms with Crippen molar-refractivity contribution in [3.63, 3.8) is 0 Å². The highest BCUT2D eigenvalue weighted by molar-refractivity contribution is 5.91. The van der Waals surface area contributed by atoms with Crippen LogP contribution in [0.4, 0.5) is 0 Å². The molecule has 0 unspecified atom stereocenters. The summed E-state index contributed by atoms with van der Waals surface area (Å²) in [5.41, 5.74) is 0.688. The number of nitrogens with one attached hydrogen (secondary N) is 1. The SMILES string of the molecule is CCn1ccnc1[C@H](NC(=O)c1cc(C)no1)C1CCOCC1. The second-order valence-electron chi connectivity index (χ2n) is 5.80. The molecular formula is C16H22N4O3. The highest BCUT2D eigenvalue weighted by Crippen LogP contribution is 2.29. The maximum Gasteiger partial charge on any atom is 0.290 e. The summed E-state index contributed by atoms with van der Waals surface area (Å²) in [5.74, 6) is 1.15. The molecule has 1 atom stereocenters. The van der Waals surface area contributed by atoms with Crippen LogP contribution in [0.15, 0.2) is 23.0 Å². The quantitative estimate of drug-likeness (QED) is 0.913. The Morgan fingerprint density at radius 1 is 1.48 bits per heavy atom. The van der Waals surface area contributed by atoms with Gasteiger partial charge in [-0.3, -0.25) is 4.79 Å². The van der Waals surface area contributed by atoms with Crippen LogP contribution in [0, 0.1) is 12.8 Å². The predicted molar refractivity (Wildman–Crippen MR) is 82.9 cm³/mol. The Hall–Kier alpha value is -2.15. The number of carbonyl (C=O) groups excluding carboxylic acids is 1. The number of carbonyl (C=O) groups is 1. The molecule has 1 amide bonds. The number of amides is 1. The molecule has 0 spiro atoms. The van der Waals surface area contributed by atoms with Crippen LogP contribution in [-0.4, -0.2) is 33.8 Å². The predicted octanol–water partition coefficient (Wildman–Crippen LogP) is 2.10. The molecule has 0 radical (unpaired) electrons. The Labute approximate surface area is 135 Å². The number of hydrogen-bond donors (Lipinski definition) is 1. The topological polar surface area (TPSA) is 82.2 Å². The van der Waals surface area contributed by atoms with Crippen molar-refractivity contribution >= 4 is 5.91 Å². The zero-order valence-corrected chi connectivity index (χ0v) is 13.5. The first-order chi connectivity index (χ1) is 11.2. The molecule has 0 aromatic carbocycles. The first-order valence-electron chi connectivity index (χ1n) is 8.02. The summed E-state index contributed by atoms with van der Waals surface area (Å²) in [4.78, 5) is 17.0. The number of rotatable bonds is 5. The summed E-state index contributed by atoms with van der Waals surface area (Å²) in [6, 6.07) is 1.48. The van der Waals surface area contributed by atoms with Crippen LogP contribution in [0.3, 0.4) is 0 Å². The molecule has 2 aromatic rings. The van der Waals surface area contributed by atoms with Crippen molar-refractivity contribution in [2.45, 2.75) is 39.3 Å². The Balaban J connectivity index is 1.84. The van der Waals surface area contributed by atoms with Gasteiger partial charge in [-0.1, -0.05) is 5.16 Å². The van der Waals surface area contributed by atoms with E-state index in [9.17, 15) is 4.79 Å². The van der Waals surface area contributed by atoms with Gasteiger partial charge >= 0.3 is 0 Å². The molecule has 7 nitrogen and oxygen atoms in total. The minimum atomic E-state index is -0.257. The minimum absolute atomic E-state index is 0.160. The molecule has 3 heterocycles. The third-order valence-electron chi connectivity index (χ3n) is 4.24. The summed E-state index contributed by atoms with van der Waals surface area (Å²) in [7, 11) is 0. The van der Waals surface area contributed by atoms with Crippen molar-refractivity contribution in [3.8, 4) is 0 Å². The molecule has 1 aliphatic heterocycles. The van der Waals surface area contributed by atoms with Crippen molar-refractivity contribution in [2.24, 2.45) is 5.92 Å². The van der Waals surface area contributed by atoms with Crippen molar-refractivity contribution in [3.05, 3.63) is 35.7 Å². The fraction of sp³-hybridized carbons (Fsp3) is 0.562. The van der Waals surface area contributed by atoms with Crippen LogP contribution >= 0.6 is 0 Å². The van der Waals surface area contributed by atoms with E-state index in [-0.39, 0.29) is 17.7 Å². The molecule has 1 aliphatic rings. The molecule has 7 heteroatoms. The first kappa shape index (κ1) is 15.7. The van der Waals surface area contributed by atoms with Gasteiger partial charge in [0.2, 0.25) is 5.76 Å². The van der Waals surface area contributed by atoms with Crippen LogP contribution in [0.5, 0.6) is 0 Å². The van der Waals surface area contributed by atoms with Gasteiger partial charge in [0.25, 0.3) is 5.91 Å². The molecule has 0 bridgehead atoms. The summed E-state index contributed by atoms with van der Waals surface area (Å²) in [5, 5.41) is 6.86. The number of aryl methyl sites for hydroxylation is 2. The highest BCUT2D eigenvalue weighted by Gasteiger charge is 2.31. The lowest BCUT2D eigenvalue weighted by Gasteiger charge is -2.30. The van der Waals surface area contributed by atoms with Gasteiger partial charge in [0.1, 0.15) is 5.82 Å². The fourth-order valence-electron chi connectivity index (χ4n) is 2.99. The number of aromatic nitrogens is 3. The summed E-state index contributed by atoms with van der Waals surface area (Å²) in [6.07, 6.45) is 5.51. The van der Waals surface area contributed by atoms with E-state index in [0.717, 1.165) is 25.2 Å². The van der Waals surface area contributed by atoms with Gasteiger partial charge in [-0.05, 0) is 32.6 Å². The molecule has 1 N–H and O–H groups in total. The van der Waals surface area contributed by atoms with Gasteiger partial charge in [0.05, 0.1) is 11.7 Å². The van der Waals surface area contributed by atoms with Crippen LogP contribution in [0.1, 0.15) is 47.9 Å². The van der Waals surface area contributed by atoms with Crippen molar-refractivity contribution in [1.82, 2.24) is 20.0 Å². The Morgan fingerprint density at radius 2 is 2.26 bits per heavy atom. The van der Waals surface area contributed by atoms with E-state index >= 15 is 0 Å². The summed E-state index contributed by atoms with van der Waals surface area (Å²) < 4.78 is 12.6. The average Bonchev–Trinajstić information content (AvgIpc) is 3.21. The standard InChI is InChI=1S/C16H22N4O3/c1-3-20-7-6-17-15(20)14(12-4-8-22-9-5-12)18-16(21)13-10-11(2)19-23-13/h6-7,10,12,14H,3-5,8-9H2,1-2H3,(H,18,21)/t14-/m1/s1. The number of nitrogens with zero attached hydrogens (tertiary/aromatic N) is 3. The van der Waals surface area contributed by atoms with Gasteiger partial charge in [0, 0.05) is 38.2 Å². The van der Waals surface area contributed by atoms with Crippen molar-refractivity contribution in [1.29, 1.82) is 0 Å². The van der Waals surface area contributed by atoms with Crippen LogP contribution in [0.25, 0.3) is 0 Å². The van der Waals surface area contributed by atoms with Crippen molar-refractivity contribution < 1.29 is 14.1 Å². The molecule has 0 aliphatic carbocycles. The van der Waals surface area contributed by atoms with Gasteiger partial charge in [-0.2, -0.15) is 0 Å². The first-order valence-corrected chi connectivity index (χ1v) is 8.02. The lowest BCUT2D eigenvalue weighted by Crippen LogP contribution is -2.37. The number of ether oxygens (including phenoxy) is 1. The van der Waals surface area contributed by atoms with Crippen molar-refractivity contribution in [2.75, 3.05) is 13.2 Å². The fourth-order valence-corrected chi connectivity index (χ4v) is 2.99. The third-order valence-corrected chi connectivity index (χ3v) is 4.24. The van der Waals surface area contributed by atoms with E-state index in [0.29, 0.717) is 24.8 Å². The molecule has 23 heavy (non-hydrogen) atoms. The third kappa shape index (κ3) is 3.44. The average molecular weight is 318 g/mol. The maximum absolute atomic E-state index is 12.5. The molecule has 1 fully saturated rings. The molecular weight excluding hydrogens is 296 g/mol. The second kappa shape index (κ2) is 6.95. The summed E-state index contributed by atoms with van der Waals surface area (Å²) >= 11 is 0. The minimum Gasteiger partial charge on any atom is -0.381 e. The van der Waals surface area contributed by atoms with Crippen LogP contribution < -0.4 is 5.32 Å². The zero-order valence-electron chi connectivity index (χ0n) is 13.5. The van der Waals surface area contributed by atoms with Gasteiger partial charge in [0.15, 0.2) is 0 Å². The van der Waals surface area contributed by atoms with E-state index in [4.69, 9.17) is 9.26 Å². The van der Waals surface area contributed by atoms with E-state index in [2.05, 4.69) is 26.9 Å². The van der Waals surface area contributed by atoms with E-state index < -0.39 is 0 Å². The molecule has 124 valence electrons.